The lowest BCUT2D eigenvalue weighted by molar-refractivity contribution is 0.0942. The number of amides is 1. The summed E-state index contributed by atoms with van der Waals surface area (Å²) in [6.45, 7) is 2.67. The number of pyridine rings is 1. The minimum Gasteiger partial charge on any atom is -0.487 e. The molecule has 0 fully saturated rings. The molecule has 1 atom stereocenters. The van der Waals surface area contributed by atoms with Crippen LogP contribution in [0.1, 0.15) is 23.0 Å². The maximum absolute atomic E-state index is 12.1. The summed E-state index contributed by atoms with van der Waals surface area (Å²) in [6, 6.07) is 12.8. The second-order valence-corrected chi connectivity index (χ2v) is 6.01. The third kappa shape index (κ3) is 4.36. The number of ether oxygens (including phenoxy) is 1. The van der Waals surface area contributed by atoms with Crippen molar-refractivity contribution < 1.29 is 14.6 Å². The first-order valence-corrected chi connectivity index (χ1v) is 8.20. The van der Waals surface area contributed by atoms with Gasteiger partial charge in [0.2, 0.25) is 0 Å². The number of aliphatic hydroxyl groups is 1. The molecule has 25 heavy (non-hydrogen) atoms. The third-order valence-electron chi connectivity index (χ3n) is 3.82. The number of carbonyl (C=O) groups excluding carboxylic acids is 1. The van der Waals surface area contributed by atoms with Gasteiger partial charge in [-0.05, 0) is 36.2 Å². The second-order valence-electron chi connectivity index (χ2n) is 6.01. The van der Waals surface area contributed by atoms with E-state index >= 15 is 0 Å². The first-order chi connectivity index (χ1) is 12.2. The van der Waals surface area contributed by atoms with Crippen LogP contribution < -0.4 is 10.1 Å². The van der Waals surface area contributed by atoms with Crippen molar-refractivity contribution in [3.63, 3.8) is 0 Å². The lowest BCUT2D eigenvalue weighted by Crippen LogP contribution is -2.29. The van der Waals surface area contributed by atoms with Crippen LogP contribution in [0.25, 0.3) is 5.65 Å². The Morgan fingerprint density at radius 1 is 1.32 bits per heavy atom. The number of aliphatic hydroxyl groups excluding tert-OH is 1. The van der Waals surface area contributed by atoms with E-state index in [9.17, 15) is 4.79 Å². The molecule has 1 unspecified atom stereocenters. The van der Waals surface area contributed by atoms with Crippen LogP contribution in [-0.2, 0) is 6.61 Å². The molecule has 0 saturated heterocycles. The monoisotopic (exact) mass is 339 g/mol. The van der Waals surface area contributed by atoms with Gasteiger partial charge in [0.25, 0.3) is 5.91 Å². The van der Waals surface area contributed by atoms with Gasteiger partial charge in [-0.2, -0.15) is 0 Å². The van der Waals surface area contributed by atoms with E-state index in [1.165, 1.54) is 0 Å². The molecular formula is C19H21N3O3. The number of nitrogens with zero attached hydrogens (tertiary/aromatic N) is 2. The van der Waals surface area contributed by atoms with Crippen molar-refractivity contribution in [3.05, 3.63) is 66.1 Å². The van der Waals surface area contributed by atoms with Crippen LogP contribution in [0.4, 0.5) is 0 Å². The zero-order valence-corrected chi connectivity index (χ0v) is 14.1. The van der Waals surface area contributed by atoms with Gasteiger partial charge in [0, 0.05) is 31.1 Å². The van der Waals surface area contributed by atoms with Crippen LogP contribution in [0.15, 0.2) is 54.9 Å². The molecule has 0 bridgehead atoms. The molecule has 2 heterocycles. The van der Waals surface area contributed by atoms with E-state index in [2.05, 4.69) is 10.3 Å². The van der Waals surface area contributed by atoms with Gasteiger partial charge >= 0.3 is 0 Å². The van der Waals surface area contributed by atoms with Crippen molar-refractivity contribution in [2.24, 2.45) is 5.92 Å². The minimum atomic E-state index is -0.182. The van der Waals surface area contributed by atoms with Crippen molar-refractivity contribution in [1.82, 2.24) is 14.7 Å². The largest absolute Gasteiger partial charge is 0.487 e. The zero-order chi connectivity index (χ0) is 17.6. The molecule has 2 N–H and O–H groups in total. The number of imidazole rings is 1. The quantitative estimate of drug-likeness (QED) is 0.692. The van der Waals surface area contributed by atoms with Crippen molar-refractivity contribution in [1.29, 1.82) is 0 Å². The smallest absolute Gasteiger partial charge is 0.251 e. The number of hydrogen-bond donors (Lipinski definition) is 2. The van der Waals surface area contributed by atoms with Crippen LogP contribution >= 0.6 is 0 Å². The number of nitrogens with one attached hydrogen (secondary N) is 1. The summed E-state index contributed by atoms with van der Waals surface area (Å²) in [5.41, 5.74) is 2.21. The molecule has 130 valence electrons. The molecule has 0 saturated carbocycles. The first-order valence-electron chi connectivity index (χ1n) is 8.20. The van der Waals surface area contributed by atoms with Crippen LogP contribution in [0, 0.1) is 5.92 Å². The number of rotatable bonds is 7. The van der Waals surface area contributed by atoms with E-state index in [1.54, 1.807) is 18.2 Å². The lowest BCUT2D eigenvalue weighted by atomic mass is 10.1. The molecule has 0 spiro atoms. The first kappa shape index (κ1) is 17.0. The Hall–Kier alpha value is -2.86. The van der Waals surface area contributed by atoms with Crippen molar-refractivity contribution >= 4 is 11.6 Å². The topological polar surface area (TPSA) is 75.9 Å². The van der Waals surface area contributed by atoms with Gasteiger partial charge in [-0.3, -0.25) is 4.79 Å². The average molecular weight is 339 g/mol. The maximum atomic E-state index is 12.1. The predicted octanol–water partition coefficient (Wildman–Crippen LogP) is 2.27. The van der Waals surface area contributed by atoms with E-state index < -0.39 is 0 Å². The molecule has 6 heteroatoms. The van der Waals surface area contributed by atoms with Crippen molar-refractivity contribution in [3.8, 4) is 5.75 Å². The van der Waals surface area contributed by atoms with Gasteiger partial charge < -0.3 is 19.6 Å². The SMILES string of the molecule is CC(CO)CNC(=O)c1cccc(OCc2cn3ccccc3n2)c1. The summed E-state index contributed by atoms with van der Waals surface area (Å²) < 4.78 is 7.70. The van der Waals surface area contributed by atoms with Gasteiger partial charge in [0.05, 0.1) is 5.69 Å². The highest BCUT2D eigenvalue weighted by atomic mass is 16.5. The Kier molecular flexibility index (Phi) is 5.30. The molecule has 2 aromatic heterocycles. The van der Waals surface area contributed by atoms with Gasteiger partial charge in [0.1, 0.15) is 18.0 Å². The Bertz CT molecular complexity index is 827. The zero-order valence-electron chi connectivity index (χ0n) is 14.1. The summed E-state index contributed by atoms with van der Waals surface area (Å²) in [7, 11) is 0. The van der Waals surface area contributed by atoms with Crippen molar-refractivity contribution in [2.45, 2.75) is 13.5 Å². The summed E-state index contributed by atoms with van der Waals surface area (Å²) in [5.74, 6) is 0.455. The summed E-state index contributed by atoms with van der Waals surface area (Å²) in [6.07, 6.45) is 3.85. The molecule has 3 aromatic rings. The highest BCUT2D eigenvalue weighted by Crippen LogP contribution is 2.15. The molecule has 0 aliphatic rings. The number of fused-ring (bicyclic) bond motifs is 1. The van der Waals surface area contributed by atoms with E-state index in [1.807, 2.05) is 48.0 Å². The number of hydrogen-bond acceptors (Lipinski definition) is 4. The molecular weight excluding hydrogens is 318 g/mol. The minimum absolute atomic E-state index is 0.0263. The molecule has 0 aliphatic heterocycles. The fourth-order valence-electron chi connectivity index (χ4n) is 2.37. The fourth-order valence-corrected chi connectivity index (χ4v) is 2.37. The number of benzene rings is 1. The van der Waals surface area contributed by atoms with Crippen LogP contribution in [0.2, 0.25) is 0 Å². The number of carbonyl (C=O) groups is 1. The molecule has 0 radical (unpaired) electrons. The fraction of sp³-hybridized carbons (Fsp3) is 0.263. The van der Waals surface area contributed by atoms with E-state index in [0.717, 1.165) is 11.3 Å². The summed E-state index contributed by atoms with van der Waals surface area (Å²) in [4.78, 5) is 16.6. The van der Waals surface area contributed by atoms with E-state index in [0.29, 0.717) is 24.5 Å². The Morgan fingerprint density at radius 3 is 3.00 bits per heavy atom. The molecule has 0 aliphatic carbocycles. The predicted molar refractivity (Wildman–Crippen MR) is 94.5 cm³/mol. The highest BCUT2D eigenvalue weighted by Gasteiger charge is 2.09. The number of aromatic nitrogens is 2. The van der Waals surface area contributed by atoms with Crippen LogP contribution in [-0.4, -0.2) is 33.6 Å². The maximum Gasteiger partial charge on any atom is 0.251 e. The Morgan fingerprint density at radius 2 is 2.20 bits per heavy atom. The summed E-state index contributed by atoms with van der Waals surface area (Å²) in [5, 5.41) is 11.8. The molecule has 6 nitrogen and oxygen atoms in total. The van der Waals surface area contributed by atoms with Crippen LogP contribution in [0.3, 0.4) is 0 Å². The van der Waals surface area contributed by atoms with Gasteiger partial charge in [0.15, 0.2) is 0 Å². The van der Waals surface area contributed by atoms with Gasteiger partial charge in [-0.15, -0.1) is 0 Å². The highest BCUT2D eigenvalue weighted by molar-refractivity contribution is 5.94. The average Bonchev–Trinajstić information content (AvgIpc) is 3.07. The normalized spacial score (nSPS) is 12.1. The van der Waals surface area contributed by atoms with Crippen molar-refractivity contribution in [2.75, 3.05) is 13.2 Å². The molecule has 1 aromatic carbocycles. The van der Waals surface area contributed by atoms with E-state index in [4.69, 9.17) is 9.84 Å². The lowest BCUT2D eigenvalue weighted by Gasteiger charge is -2.10. The van der Waals surface area contributed by atoms with Gasteiger partial charge in [-0.1, -0.05) is 19.1 Å². The third-order valence-corrected chi connectivity index (χ3v) is 3.82. The van der Waals surface area contributed by atoms with Gasteiger partial charge in [-0.25, -0.2) is 4.98 Å². The standard InChI is InChI=1S/C19H21N3O3/c1-14(12-23)10-20-19(24)15-5-4-6-17(9-15)25-13-16-11-22-8-3-2-7-18(22)21-16/h2-9,11,14,23H,10,12-13H2,1H3,(H,20,24). The summed E-state index contributed by atoms with van der Waals surface area (Å²) >= 11 is 0. The molecule has 1 amide bonds. The van der Waals surface area contributed by atoms with Crippen LogP contribution in [0.5, 0.6) is 5.75 Å². The molecule has 3 rings (SSSR count). The van der Waals surface area contributed by atoms with E-state index in [-0.39, 0.29) is 18.4 Å². The Labute approximate surface area is 146 Å². The second kappa shape index (κ2) is 7.81. The Balaban J connectivity index is 1.62.